The Labute approximate surface area is 162 Å². The van der Waals surface area contributed by atoms with Gasteiger partial charge in [-0.3, -0.25) is 9.59 Å². The summed E-state index contributed by atoms with van der Waals surface area (Å²) in [6.45, 7) is 3.59. The number of ketones is 1. The molecule has 0 spiro atoms. The maximum absolute atomic E-state index is 12.1. The van der Waals surface area contributed by atoms with Gasteiger partial charge in [0.1, 0.15) is 0 Å². The third-order valence-corrected chi connectivity index (χ3v) is 5.23. The summed E-state index contributed by atoms with van der Waals surface area (Å²) in [7, 11) is 0. The second-order valence-electron chi connectivity index (χ2n) is 5.67. The molecular weight excluding hydrogens is 368 g/mol. The average molecular weight is 391 g/mol. The molecule has 0 N–H and O–H groups in total. The molecule has 1 heterocycles. The SMILES string of the molecule is CSc1ccc(C(=O)COC(=O)CCc2c(C)nc(SC)nc2C)cc1. The molecule has 0 fully saturated rings. The monoisotopic (exact) mass is 390 g/mol. The van der Waals surface area contributed by atoms with Gasteiger partial charge >= 0.3 is 5.97 Å². The minimum Gasteiger partial charge on any atom is -0.457 e. The van der Waals surface area contributed by atoms with Crippen LogP contribution < -0.4 is 0 Å². The molecule has 0 saturated carbocycles. The Hall–Kier alpha value is -1.86. The van der Waals surface area contributed by atoms with E-state index in [2.05, 4.69) is 9.97 Å². The van der Waals surface area contributed by atoms with Crippen LogP contribution in [0.3, 0.4) is 0 Å². The predicted octanol–water partition coefficient (Wildman–Crippen LogP) is 3.90. The zero-order valence-electron chi connectivity index (χ0n) is 15.4. The standard InChI is InChI=1S/C19H22N2O3S2/c1-12-16(13(2)21-19(20-12)26-4)9-10-18(23)24-11-17(22)14-5-7-15(25-3)8-6-14/h5-8H,9-11H2,1-4H3. The van der Waals surface area contributed by atoms with E-state index < -0.39 is 5.97 Å². The molecule has 7 heteroatoms. The molecule has 1 aromatic heterocycles. The summed E-state index contributed by atoms with van der Waals surface area (Å²) in [4.78, 5) is 34.0. The van der Waals surface area contributed by atoms with Gasteiger partial charge in [-0.2, -0.15) is 0 Å². The number of rotatable bonds is 8. The van der Waals surface area contributed by atoms with Crippen molar-refractivity contribution in [3.63, 3.8) is 0 Å². The molecule has 2 aromatic rings. The summed E-state index contributed by atoms with van der Waals surface area (Å²) in [6.07, 6.45) is 4.60. The lowest BCUT2D eigenvalue weighted by molar-refractivity contribution is -0.142. The number of hydrogen-bond acceptors (Lipinski definition) is 7. The molecule has 0 saturated heterocycles. The van der Waals surface area contributed by atoms with Crippen molar-refractivity contribution in [3.8, 4) is 0 Å². The molecule has 0 bridgehead atoms. The van der Waals surface area contributed by atoms with Crippen LogP contribution in [-0.4, -0.2) is 40.8 Å². The van der Waals surface area contributed by atoms with E-state index in [9.17, 15) is 9.59 Å². The molecule has 0 radical (unpaired) electrons. The Kier molecular flexibility index (Phi) is 7.66. The third-order valence-electron chi connectivity index (χ3n) is 3.94. The van der Waals surface area contributed by atoms with Gasteiger partial charge in [-0.25, -0.2) is 9.97 Å². The summed E-state index contributed by atoms with van der Waals surface area (Å²) >= 11 is 3.10. The lowest BCUT2D eigenvalue weighted by Crippen LogP contribution is -2.15. The van der Waals surface area contributed by atoms with Gasteiger partial charge in [-0.05, 0) is 50.5 Å². The molecular formula is C19H22N2O3S2. The zero-order chi connectivity index (χ0) is 19.1. The third kappa shape index (κ3) is 5.57. The fraction of sp³-hybridized carbons (Fsp3) is 0.368. The first kappa shape index (κ1) is 20.5. The van der Waals surface area contributed by atoms with E-state index in [1.807, 2.05) is 38.5 Å². The average Bonchev–Trinajstić information content (AvgIpc) is 2.65. The van der Waals surface area contributed by atoms with Crippen molar-refractivity contribution in [1.82, 2.24) is 9.97 Å². The van der Waals surface area contributed by atoms with Crippen LogP contribution in [0, 0.1) is 13.8 Å². The van der Waals surface area contributed by atoms with Gasteiger partial charge in [-0.15, -0.1) is 11.8 Å². The number of benzene rings is 1. The quantitative estimate of drug-likeness (QED) is 0.293. The van der Waals surface area contributed by atoms with Crippen LogP contribution >= 0.6 is 23.5 Å². The van der Waals surface area contributed by atoms with Crippen LogP contribution in [0.25, 0.3) is 0 Å². The van der Waals surface area contributed by atoms with Gasteiger partial charge in [-0.1, -0.05) is 23.9 Å². The maximum Gasteiger partial charge on any atom is 0.306 e. The summed E-state index contributed by atoms with van der Waals surface area (Å²) in [5, 5.41) is 0.726. The van der Waals surface area contributed by atoms with Crippen LogP contribution in [0.5, 0.6) is 0 Å². The lowest BCUT2D eigenvalue weighted by atomic mass is 10.1. The van der Waals surface area contributed by atoms with Crippen molar-refractivity contribution >= 4 is 35.3 Å². The van der Waals surface area contributed by atoms with Crippen molar-refractivity contribution in [1.29, 1.82) is 0 Å². The van der Waals surface area contributed by atoms with E-state index in [-0.39, 0.29) is 18.8 Å². The van der Waals surface area contributed by atoms with Crippen LogP contribution in [-0.2, 0) is 16.0 Å². The largest absolute Gasteiger partial charge is 0.457 e. The number of aryl methyl sites for hydroxylation is 2. The summed E-state index contributed by atoms with van der Waals surface area (Å²) in [6, 6.07) is 7.26. The minimum absolute atomic E-state index is 0.197. The highest BCUT2D eigenvalue weighted by atomic mass is 32.2. The highest BCUT2D eigenvalue weighted by Gasteiger charge is 2.13. The van der Waals surface area contributed by atoms with Crippen LogP contribution in [0.4, 0.5) is 0 Å². The summed E-state index contributed by atoms with van der Waals surface area (Å²) in [5.41, 5.74) is 3.25. The van der Waals surface area contributed by atoms with E-state index in [0.717, 1.165) is 27.0 Å². The van der Waals surface area contributed by atoms with Gasteiger partial charge in [0.25, 0.3) is 0 Å². The number of nitrogens with zero attached hydrogens (tertiary/aromatic N) is 2. The summed E-state index contributed by atoms with van der Waals surface area (Å²) < 4.78 is 5.12. The van der Waals surface area contributed by atoms with Crippen LogP contribution in [0.2, 0.25) is 0 Å². The van der Waals surface area contributed by atoms with E-state index in [0.29, 0.717) is 12.0 Å². The predicted molar refractivity (Wildman–Crippen MR) is 105 cm³/mol. The number of Topliss-reactive ketones (excluding diaryl/α,β-unsaturated/α-hetero) is 1. The molecule has 0 amide bonds. The van der Waals surface area contributed by atoms with Crippen LogP contribution in [0.1, 0.15) is 33.7 Å². The molecule has 138 valence electrons. The van der Waals surface area contributed by atoms with E-state index in [1.165, 1.54) is 11.8 Å². The first-order valence-corrected chi connectivity index (χ1v) is 10.6. The molecule has 0 aliphatic heterocycles. The van der Waals surface area contributed by atoms with E-state index in [1.54, 1.807) is 23.9 Å². The van der Waals surface area contributed by atoms with Crippen molar-refractivity contribution in [2.45, 2.75) is 36.7 Å². The Morgan fingerprint density at radius 3 is 2.15 bits per heavy atom. The number of carbonyl (C=O) groups is 2. The molecule has 0 aliphatic rings. The van der Waals surface area contributed by atoms with Crippen molar-refractivity contribution < 1.29 is 14.3 Å². The minimum atomic E-state index is -0.396. The molecule has 26 heavy (non-hydrogen) atoms. The van der Waals surface area contributed by atoms with Gasteiger partial charge in [0.15, 0.2) is 17.5 Å². The van der Waals surface area contributed by atoms with E-state index in [4.69, 9.17) is 4.74 Å². The number of aromatic nitrogens is 2. The highest BCUT2D eigenvalue weighted by Crippen LogP contribution is 2.18. The second kappa shape index (κ2) is 9.73. The van der Waals surface area contributed by atoms with Gasteiger partial charge in [0, 0.05) is 28.3 Å². The first-order chi connectivity index (χ1) is 12.4. The Balaban J connectivity index is 1.86. The van der Waals surface area contributed by atoms with E-state index >= 15 is 0 Å². The fourth-order valence-electron chi connectivity index (χ4n) is 2.47. The fourth-order valence-corrected chi connectivity index (χ4v) is 3.33. The number of hydrogen-bond donors (Lipinski definition) is 0. The van der Waals surface area contributed by atoms with Crippen molar-refractivity contribution in [2.24, 2.45) is 0 Å². The number of esters is 1. The Bertz CT molecular complexity index is 769. The smallest absolute Gasteiger partial charge is 0.306 e. The van der Waals surface area contributed by atoms with Crippen molar-refractivity contribution in [2.75, 3.05) is 19.1 Å². The van der Waals surface area contributed by atoms with Gasteiger partial charge < -0.3 is 4.74 Å². The Morgan fingerprint density at radius 2 is 1.62 bits per heavy atom. The molecule has 1 aromatic carbocycles. The topological polar surface area (TPSA) is 69.2 Å². The zero-order valence-corrected chi connectivity index (χ0v) is 17.0. The molecule has 5 nitrogen and oxygen atoms in total. The van der Waals surface area contributed by atoms with Gasteiger partial charge in [0.2, 0.25) is 0 Å². The first-order valence-electron chi connectivity index (χ1n) is 8.15. The Morgan fingerprint density at radius 1 is 1.00 bits per heavy atom. The lowest BCUT2D eigenvalue weighted by Gasteiger charge is -2.10. The maximum atomic E-state index is 12.1. The summed E-state index contributed by atoms with van der Waals surface area (Å²) in [5.74, 6) is -0.599. The highest BCUT2D eigenvalue weighted by molar-refractivity contribution is 7.98. The number of thioether (sulfide) groups is 2. The molecule has 2 rings (SSSR count). The van der Waals surface area contributed by atoms with Crippen LogP contribution in [0.15, 0.2) is 34.3 Å². The molecule has 0 unspecified atom stereocenters. The molecule has 0 atom stereocenters. The normalized spacial score (nSPS) is 10.6. The number of carbonyl (C=O) groups excluding carboxylic acids is 2. The van der Waals surface area contributed by atoms with Gasteiger partial charge in [0.05, 0.1) is 0 Å². The molecule has 0 aliphatic carbocycles. The van der Waals surface area contributed by atoms with Crippen molar-refractivity contribution in [3.05, 3.63) is 46.8 Å². The second-order valence-corrected chi connectivity index (χ2v) is 7.33. The number of ether oxygens (including phenoxy) is 1.